The van der Waals surface area contributed by atoms with E-state index in [9.17, 15) is 4.79 Å². The standard InChI is InChI=1S/C17H17N3O/c1-19-11-16(18-12-19)17(21)20(2)10-13-7-8-14-5-3-4-6-15(14)9-13/h3-9,11-12H,10H2,1-2H3. The number of aryl methyl sites for hydroxylation is 1. The Balaban J connectivity index is 1.79. The van der Waals surface area contributed by atoms with Crippen molar-refractivity contribution in [1.82, 2.24) is 14.5 Å². The molecule has 0 radical (unpaired) electrons. The number of benzene rings is 2. The topological polar surface area (TPSA) is 38.1 Å². The summed E-state index contributed by atoms with van der Waals surface area (Å²) in [6.07, 6.45) is 3.37. The van der Waals surface area contributed by atoms with Crippen molar-refractivity contribution in [2.45, 2.75) is 6.54 Å². The Labute approximate surface area is 123 Å². The van der Waals surface area contributed by atoms with E-state index in [1.165, 1.54) is 10.8 Å². The average molecular weight is 279 g/mol. The molecule has 1 amide bonds. The van der Waals surface area contributed by atoms with E-state index >= 15 is 0 Å². The number of carbonyl (C=O) groups is 1. The Kier molecular flexibility index (Phi) is 3.44. The van der Waals surface area contributed by atoms with Crippen molar-refractivity contribution in [3.05, 3.63) is 66.2 Å². The number of nitrogens with zero attached hydrogens (tertiary/aromatic N) is 3. The molecule has 3 aromatic rings. The van der Waals surface area contributed by atoms with Crippen molar-refractivity contribution in [3.8, 4) is 0 Å². The first-order valence-electron chi connectivity index (χ1n) is 6.84. The van der Waals surface area contributed by atoms with Gasteiger partial charge in [-0.3, -0.25) is 4.79 Å². The minimum atomic E-state index is -0.0660. The molecule has 106 valence electrons. The Morgan fingerprint density at radius 1 is 1.19 bits per heavy atom. The number of hydrogen-bond acceptors (Lipinski definition) is 2. The van der Waals surface area contributed by atoms with E-state index in [1.54, 1.807) is 29.0 Å². The zero-order chi connectivity index (χ0) is 14.8. The first kappa shape index (κ1) is 13.4. The Hall–Kier alpha value is -2.62. The van der Waals surface area contributed by atoms with Gasteiger partial charge in [-0.1, -0.05) is 36.4 Å². The van der Waals surface area contributed by atoms with E-state index in [0.717, 1.165) is 5.56 Å². The maximum atomic E-state index is 12.3. The molecule has 0 fully saturated rings. The second-order valence-corrected chi connectivity index (χ2v) is 5.27. The molecular formula is C17H17N3O. The van der Waals surface area contributed by atoms with Crippen LogP contribution in [0.15, 0.2) is 55.0 Å². The van der Waals surface area contributed by atoms with Crippen molar-refractivity contribution in [1.29, 1.82) is 0 Å². The van der Waals surface area contributed by atoms with Crippen molar-refractivity contribution in [2.24, 2.45) is 7.05 Å². The van der Waals surface area contributed by atoms with E-state index in [0.29, 0.717) is 12.2 Å². The molecule has 21 heavy (non-hydrogen) atoms. The summed E-state index contributed by atoms with van der Waals surface area (Å²) in [5, 5.41) is 2.40. The van der Waals surface area contributed by atoms with Crippen LogP contribution in [0.1, 0.15) is 16.1 Å². The van der Waals surface area contributed by atoms with Crippen LogP contribution in [0.5, 0.6) is 0 Å². The van der Waals surface area contributed by atoms with E-state index in [4.69, 9.17) is 0 Å². The Morgan fingerprint density at radius 3 is 2.67 bits per heavy atom. The van der Waals surface area contributed by atoms with Gasteiger partial charge < -0.3 is 9.47 Å². The highest BCUT2D eigenvalue weighted by molar-refractivity contribution is 5.92. The molecule has 0 aliphatic rings. The quantitative estimate of drug-likeness (QED) is 0.739. The SMILES string of the molecule is CN(Cc1ccc2ccccc2c1)C(=O)c1cn(C)cn1. The van der Waals surface area contributed by atoms with Gasteiger partial charge in [0.1, 0.15) is 5.69 Å². The lowest BCUT2D eigenvalue weighted by atomic mass is 10.1. The molecule has 0 saturated heterocycles. The molecule has 1 aromatic heterocycles. The number of aromatic nitrogens is 2. The predicted molar refractivity (Wildman–Crippen MR) is 83.0 cm³/mol. The zero-order valence-electron chi connectivity index (χ0n) is 12.2. The van der Waals surface area contributed by atoms with E-state index in [2.05, 4.69) is 35.3 Å². The second-order valence-electron chi connectivity index (χ2n) is 5.27. The zero-order valence-corrected chi connectivity index (χ0v) is 12.2. The molecule has 0 N–H and O–H groups in total. The van der Waals surface area contributed by atoms with Gasteiger partial charge in [0.15, 0.2) is 0 Å². The monoisotopic (exact) mass is 279 g/mol. The molecule has 3 rings (SSSR count). The van der Waals surface area contributed by atoms with Crippen molar-refractivity contribution < 1.29 is 4.79 Å². The fourth-order valence-electron chi connectivity index (χ4n) is 2.40. The first-order chi connectivity index (χ1) is 10.1. The number of rotatable bonds is 3. The van der Waals surface area contributed by atoms with Crippen LogP contribution >= 0.6 is 0 Å². The molecule has 2 aromatic carbocycles. The summed E-state index contributed by atoms with van der Waals surface area (Å²) >= 11 is 0. The molecule has 0 aliphatic carbocycles. The van der Waals surface area contributed by atoms with Crippen LogP contribution in [0.4, 0.5) is 0 Å². The van der Waals surface area contributed by atoms with Gasteiger partial charge in [-0.25, -0.2) is 4.98 Å². The minimum Gasteiger partial charge on any atom is -0.340 e. The van der Waals surface area contributed by atoms with Gasteiger partial charge in [-0.2, -0.15) is 0 Å². The number of imidazole rings is 1. The minimum absolute atomic E-state index is 0.0660. The normalized spacial score (nSPS) is 10.8. The van der Waals surface area contributed by atoms with Gasteiger partial charge >= 0.3 is 0 Å². The molecular weight excluding hydrogens is 262 g/mol. The van der Waals surface area contributed by atoms with Crippen molar-refractivity contribution >= 4 is 16.7 Å². The summed E-state index contributed by atoms with van der Waals surface area (Å²) in [7, 11) is 3.65. The van der Waals surface area contributed by atoms with Crippen LogP contribution < -0.4 is 0 Å². The lowest BCUT2D eigenvalue weighted by Crippen LogP contribution is -2.26. The number of amides is 1. The Bertz CT molecular complexity index is 791. The van der Waals surface area contributed by atoms with E-state index in [1.807, 2.05) is 19.2 Å². The molecule has 0 unspecified atom stereocenters. The van der Waals surface area contributed by atoms with E-state index in [-0.39, 0.29) is 5.91 Å². The van der Waals surface area contributed by atoms with Crippen LogP contribution in [-0.4, -0.2) is 27.4 Å². The fraction of sp³-hybridized carbons (Fsp3) is 0.176. The number of fused-ring (bicyclic) bond motifs is 1. The van der Waals surface area contributed by atoms with Gasteiger partial charge in [0.25, 0.3) is 5.91 Å². The number of hydrogen-bond donors (Lipinski definition) is 0. The molecule has 0 saturated carbocycles. The molecule has 0 bridgehead atoms. The van der Waals surface area contributed by atoms with Crippen LogP contribution in [-0.2, 0) is 13.6 Å². The third-order valence-corrected chi connectivity index (χ3v) is 3.50. The van der Waals surface area contributed by atoms with Gasteiger partial charge in [0.2, 0.25) is 0 Å². The fourth-order valence-corrected chi connectivity index (χ4v) is 2.40. The van der Waals surface area contributed by atoms with Gasteiger partial charge in [0, 0.05) is 26.8 Å². The van der Waals surface area contributed by atoms with Crippen LogP contribution in [0, 0.1) is 0 Å². The summed E-state index contributed by atoms with van der Waals surface area (Å²) in [6, 6.07) is 14.5. The van der Waals surface area contributed by atoms with Crippen LogP contribution in [0.3, 0.4) is 0 Å². The summed E-state index contributed by atoms with van der Waals surface area (Å²) < 4.78 is 1.77. The summed E-state index contributed by atoms with van der Waals surface area (Å²) in [5.74, 6) is -0.0660. The third kappa shape index (κ3) is 2.79. The highest BCUT2D eigenvalue weighted by Gasteiger charge is 2.14. The summed E-state index contributed by atoms with van der Waals surface area (Å²) in [5.41, 5.74) is 1.58. The van der Waals surface area contributed by atoms with Crippen molar-refractivity contribution in [3.63, 3.8) is 0 Å². The molecule has 0 spiro atoms. The lowest BCUT2D eigenvalue weighted by Gasteiger charge is -2.16. The van der Waals surface area contributed by atoms with Crippen LogP contribution in [0.25, 0.3) is 10.8 Å². The van der Waals surface area contributed by atoms with E-state index < -0.39 is 0 Å². The molecule has 0 aliphatic heterocycles. The predicted octanol–water partition coefficient (Wildman–Crippen LogP) is 2.85. The largest absolute Gasteiger partial charge is 0.340 e. The summed E-state index contributed by atoms with van der Waals surface area (Å²) in [4.78, 5) is 18.1. The van der Waals surface area contributed by atoms with Crippen LogP contribution in [0.2, 0.25) is 0 Å². The highest BCUT2D eigenvalue weighted by Crippen LogP contribution is 2.17. The molecule has 1 heterocycles. The molecule has 0 atom stereocenters. The Morgan fingerprint density at radius 2 is 1.95 bits per heavy atom. The smallest absolute Gasteiger partial charge is 0.274 e. The third-order valence-electron chi connectivity index (χ3n) is 3.50. The maximum Gasteiger partial charge on any atom is 0.274 e. The second kappa shape index (κ2) is 5.40. The van der Waals surface area contributed by atoms with Crippen molar-refractivity contribution in [2.75, 3.05) is 7.05 Å². The van der Waals surface area contributed by atoms with Gasteiger partial charge in [0.05, 0.1) is 6.33 Å². The molecule has 4 heteroatoms. The average Bonchev–Trinajstić information content (AvgIpc) is 2.93. The first-order valence-corrected chi connectivity index (χ1v) is 6.84. The van der Waals surface area contributed by atoms with Gasteiger partial charge in [-0.15, -0.1) is 0 Å². The number of carbonyl (C=O) groups excluding carboxylic acids is 1. The van der Waals surface area contributed by atoms with Gasteiger partial charge in [-0.05, 0) is 22.4 Å². The maximum absolute atomic E-state index is 12.3. The lowest BCUT2D eigenvalue weighted by molar-refractivity contribution is 0.0780. The highest BCUT2D eigenvalue weighted by atomic mass is 16.2. The summed E-state index contributed by atoms with van der Waals surface area (Å²) in [6.45, 7) is 0.570. The molecule has 4 nitrogen and oxygen atoms in total.